The fraction of sp³-hybridized carbons (Fsp3) is 0.125. The van der Waals surface area contributed by atoms with E-state index in [1.54, 1.807) is 12.3 Å². The zero-order valence-electron chi connectivity index (χ0n) is 10.9. The largest absolute Gasteiger partial charge is 0.487 e. The molecule has 0 unspecified atom stereocenters. The highest BCUT2D eigenvalue weighted by molar-refractivity contribution is 6.19. The highest BCUT2D eigenvalue weighted by Crippen LogP contribution is 2.16. The van der Waals surface area contributed by atoms with Crippen molar-refractivity contribution in [2.24, 2.45) is 0 Å². The topological polar surface area (TPSA) is 45.9 Å². The van der Waals surface area contributed by atoms with Crippen LogP contribution >= 0.6 is 11.6 Å². The Bertz CT molecular complexity index is 744. The molecule has 0 radical (unpaired) electrons. The van der Waals surface area contributed by atoms with E-state index in [1.165, 1.54) is 24.4 Å². The van der Waals surface area contributed by atoms with Gasteiger partial charge in [0.1, 0.15) is 18.2 Å². The summed E-state index contributed by atoms with van der Waals surface area (Å²) in [6.45, 7) is 0.0781. The number of hydrogen-bond acceptors (Lipinski definition) is 3. The van der Waals surface area contributed by atoms with Gasteiger partial charge in [-0.15, -0.1) is 11.6 Å². The Morgan fingerprint density at radius 2 is 2.14 bits per heavy atom. The van der Waals surface area contributed by atoms with Crippen molar-refractivity contribution in [1.29, 1.82) is 5.26 Å². The summed E-state index contributed by atoms with van der Waals surface area (Å²) in [6.07, 6.45) is 3.12. The summed E-state index contributed by atoms with van der Waals surface area (Å²) in [7, 11) is 0. The smallest absolute Gasteiger partial charge is 0.139 e. The fourth-order valence-corrected chi connectivity index (χ4v) is 1.72. The van der Waals surface area contributed by atoms with Gasteiger partial charge in [-0.1, -0.05) is 11.8 Å². The van der Waals surface area contributed by atoms with Crippen molar-refractivity contribution in [2.75, 3.05) is 5.88 Å². The maximum atomic E-state index is 13.2. The minimum atomic E-state index is -0.410. The molecule has 0 aliphatic rings. The molecule has 104 valence electrons. The third kappa shape index (κ3) is 4.21. The van der Waals surface area contributed by atoms with E-state index in [0.717, 1.165) is 0 Å². The van der Waals surface area contributed by atoms with E-state index in [-0.39, 0.29) is 12.5 Å². The average molecular weight is 301 g/mol. The van der Waals surface area contributed by atoms with Gasteiger partial charge in [0.05, 0.1) is 23.7 Å². The number of ether oxygens (including phenoxy) is 1. The van der Waals surface area contributed by atoms with Crippen LogP contribution in [0.1, 0.15) is 16.7 Å². The molecule has 1 heterocycles. The van der Waals surface area contributed by atoms with Crippen molar-refractivity contribution in [2.45, 2.75) is 6.61 Å². The lowest BCUT2D eigenvalue weighted by Crippen LogP contribution is -1.99. The summed E-state index contributed by atoms with van der Waals surface area (Å²) in [5, 5.41) is 8.98. The van der Waals surface area contributed by atoms with Gasteiger partial charge >= 0.3 is 0 Å². The highest BCUT2D eigenvalue weighted by Gasteiger charge is 2.05. The van der Waals surface area contributed by atoms with Crippen LogP contribution in [0.25, 0.3) is 0 Å². The van der Waals surface area contributed by atoms with Crippen LogP contribution in [0.2, 0.25) is 0 Å². The summed E-state index contributed by atoms with van der Waals surface area (Å²) < 4.78 is 18.7. The molecular formula is C16H10ClFN2O. The fourth-order valence-electron chi connectivity index (χ4n) is 1.65. The lowest BCUT2D eigenvalue weighted by Gasteiger charge is -2.07. The first-order chi connectivity index (χ1) is 10.2. The quantitative estimate of drug-likeness (QED) is 0.645. The summed E-state index contributed by atoms with van der Waals surface area (Å²) >= 11 is 5.49. The Morgan fingerprint density at radius 1 is 1.29 bits per heavy atom. The number of nitrogens with zero attached hydrogens (tertiary/aromatic N) is 2. The minimum Gasteiger partial charge on any atom is -0.487 e. The van der Waals surface area contributed by atoms with Crippen molar-refractivity contribution >= 4 is 11.6 Å². The Kier molecular flexibility index (Phi) is 5.15. The molecule has 0 atom stereocenters. The molecule has 2 aromatic rings. The van der Waals surface area contributed by atoms with E-state index in [4.69, 9.17) is 21.6 Å². The average Bonchev–Trinajstić information content (AvgIpc) is 2.51. The van der Waals surface area contributed by atoms with Gasteiger partial charge in [0, 0.05) is 17.3 Å². The number of pyridine rings is 1. The normalized spacial score (nSPS) is 9.38. The van der Waals surface area contributed by atoms with Gasteiger partial charge in [-0.25, -0.2) is 4.39 Å². The summed E-state index contributed by atoms with van der Waals surface area (Å²) in [4.78, 5) is 4.00. The van der Waals surface area contributed by atoms with Crippen LogP contribution in [0.15, 0.2) is 36.7 Å². The number of nitriles is 1. The Morgan fingerprint density at radius 3 is 2.90 bits per heavy atom. The molecule has 21 heavy (non-hydrogen) atoms. The van der Waals surface area contributed by atoms with Crippen LogP contribution in [0.5, 0.6) is 5.75 Å². The molecule has 0 saturated carbocycles. The Labute approximate surface area is 127 Å². The van der Waals surface area contributed by atoms with Crippen LogP contribution in [0.3, 0.4) is 0 Å². The molecule has 0 aliphatic carbocycles. The van der Waals surface area contributed by atoms with Crippen LogP contribution in [0, 0.1) is 29.0 Å². The van der Waals surface area contributed by atoms with Crippen LogP contribution in [-0.4, -0.2) is 10.9 Å². The molecule has 0 spiro atoms. The maximum absolute atomic E-state index is 13.2. The van der Waals surface area contributed by atoms with E-state index in [1.807, 2.05) is 6.07 Å². The van der Waals surface area contributed by atoms with Crippen molar-refractivity contribution in [3.63, 3.8) is 0 Å². The molecule has 0 bridgehead atoms. The molecule has 0 N–H and O–H groups in total. The van der Waals surface area contributed by atoms with Gasteiger partial charge in [0.2, 0.25) is 0 Å². The molecule has 1 aromatic carbocycles. The molecule has 1 aromatic heterocycles. The molecule has 5 heteroatoms. The second kappa shape index (κ2) is 7.28. The van der Waals surface area contributed by atoms with Crippen LogP contribution in [0.4, 0.5) is 4.39 Å². The zero-order chi connectivity index (χ0) is 15.1. The van der Waals surface area contributed by atoms with Gasteiger partial charge in [-0.2, -0.15) is 5.26 Å². The maximum Gasteiger partial charge on any atom is 0.139 e. The number of benzene rings is 1. The zero-order valence-corrected chi connectivity index (χ0v) is 11.7. The second-order valence-electron chi connectivity index (χ2n) is 4.05. The molecular weight excluding hydrogens is 291 g/mol. The number of halogens is 2. The monoisotopic (exact) mass is 300 g/mol. The number of hydrogen-bond donors (Lipinski definition) is 0. The third-order valence-electron chi connectivity index (χ3n) is 2.59. The predicted octanol–water partition coefficient (Wildman–Crippen LogP) is 3.26. The molecule has 0 saturated heterocycles. The Balaban J connectivity index is 2.13. The van der Waals surface area contributed by atoms with Crippen molar-refractivity contribution in [3.05, 3.63) is 59.2 Å². The van der Waals surface area contributed by atoms with Crippen molar-refractivity contribution in [1.82, 2.24) is 4.98 Å². The summed E-state index contributed by atoms with van der Waals surface area (Å²) in [6, 6.07) is 7.65. The van der Waals surface area contributed by atoms with Gasteiger partial charge < -0.3 is 4.74 Å². The molecule has 2 rings (SSSR count). The Hall–Kier alpha value is -2.56. The van der Waals surface area contributed by atoms with E-state index in [2.05, 4.69) is 16.8 Å². The summed E-state index contributed by atoms with van der Waals surface area (Å²) in [5.74, 6) is 5.86. The van der Waals surface area contributed by atoms with Crippen LogP contribution < -0.4 is 4.74 Å². The standard InChI is InChI=1S/C16H10ClFN2O/c17-5-1-2-12-6-16(10-20-9-12)21-11-14-7-15(18)4-3-13(14)8-19/h3-4,6-7,9-10H,5,11H2. The number of alkyl halides is 1. The number of rotatable bonds is 3. The van der Waals surface area contributed by atoms with Crippen molar-refractivity contribution < 1.29 is 9.13 Å². The van der Waals surface area contributed by atoms with Crippen LogP contribution in [-0.2, 0) is 6.61 Å². The van der Waals surface area contributed by atoms with E-state index >= 15 is 0 Å². The summed E-state index contributed by atoms with van der Waals surface area (Å²) in [5.41, 5.74) is 1.53. The number of aromatic nitrogens is 1. The first kappa shape index (κ1) is 14.8. The van der Waals surface area contributed by atoms with E-state index in [9.17, 15) is 4.39 Å². The van der Waals surface area contributed by atoms with Gasteiger partial charge in [-0.3, -0.25) is 4.98 Å². The molecule has 0 aliphatic heterocycles. The van der Waals surface area contributed by atoms with E-state index in [0.29, 0.717) is 22.4 Å². The van der Waals surface area contributed by atoms with Crippen molar-refractivity contribution in [3.8, 4) is 23.7 Å². The third-order valence-corrected chi connectivity index (χ3v) is 2.73. The highest BCUT2D eigenvalue weighted by atomic mass is 35.5. The molecule has 0 fully saturated rings. The SMILES string of the molecule is N#Cc1ccc(F)cc1COc1cncc(C#CCCl)c1. The van der Waals surface area contributed by atoms with Gasteiger partial charge in [-0.05, 0) is 24.3 Å². The predicted molar refractivity (Wildman–Crippen MR) is 77.3 cm³/mol. The first-order valence-corrected chi connectivity index (χ1v) is 6.57. The lowest BCUT2D eigenvalue weighted by atomic mass is 10.1. The first-order valence-electron chi connectivity index (χ1n) is 6.04. The van der Waals surface area contributed by atoms with Gasteiger partial charge in [0.15, 0.2) is 0 Å². The molecule has 3 nitrogen and oxygen atoms in total. The minimum absolute atomic E-state index is 0.0781. The lowest BCUT2D eigenvalue weighted by molar-refractivity contribution is 0.304. The second-order valence-corrected chi connectivity index (χ2v) is 4.31. The van der Waals surface area contributed by atoms with E-state index < -0.39 is 5.82 Å². The van der Waals surface area contributed by atoms with Gasteiger partial charge in [0.25, 0.3) is 0 Å². The molecule has 0 amide bonds.